The van der Waals surface area contributed by atoms with Crippen molar-refractivity contribution >= 4 is 5.97 Å². The number of rotatable bonds is 5. The molecule has 0 heterocycles. The maximum atomic E-state index is 13.2. The third-order valence-corrected chi connectivity index (χ3v) is 5.17. The molecule has 1 aliphatic rings. The van der Waals surface area contributed by atoms with Crippen molar-refractivity contribution in [2.45, 2.75) is 51.4 Å². The molecule has 0 N–H and O–H groups in total. The van der Waals surface area contributed by atoms with Gasteiger partial charge in [-0.25, -0.2) is 9.18 Å². The van der Waals surface area contributed by atoms with Crippen molar-refractivity contribution in [1.82, 2.24) is 0 Å². The number of ether oxygens (including phenoxy) is 1. The molecule has 2 nitrogen and oxygen atoms in total. The Hall–Kier alpha value is -2.16. The zero-order chi connectivity index (χ0) is 17.6. The van der Waals surface area contributed by atoms with Crippen LogP contribution in [0.5, 0.6) is 5.75 Å². The maximum absolute atomic E-state index is 13.2. The smallest absolute Gasteiger partial charge is 0.343 e. The van der Waals surface area contributed by atoms with Gasteiger partial charge in [0.1, 0.15) is 11.6 Å². The minimum Gasteiger partial charge on any atom is -0.423 e. The molecule has 0 saturated heterocycles. The molecule has 0 unspecified atom stereocenters. The number of hydrogen-bond donors (Lipinski definition) is 0. The minimum absolute atomic E-state index is 0.221. The molecule has 0 radical (unpaired) electrons. The Balaban J connectivity index is 1.58. The second-order valence-electron chi connectivity index (χ2n) is 6.98. The number of esters is 1. The Morgan fingerprint density at radius 1 is 1.08 bits per heavy atom. The molecule has 0 aliphatic heterocycles. The topological polar surface area (TPSA) is 26.3 Å². The molecule has 1 fully saturated rings. The molecule has 1 aliphatic carbocycles. The molecule has 0 aromatic heterocycles. The highest BCUT2D eigenvalue weighted by atomic mass is 19.1. The zero-order valence-corrected chi connectivity index (χ0v) is 14.7. The van der Waals surface area contributed by atoms with Crippen LogP contribution in [0.4, 0.5) is 4.39 Å². The van der Waals surface area contributed by atoms with E-state index in [0.29, 0.717) is 11.7 Å². The van der Waals surface area contributed by atoms with Gasteiger partial charge in [0.05, 0.1) is 5.56 Å². The number of carbonyl (C=O) groups is 1. The molecule has 1 saturated carbocycles. The Bertz CT molecular complexity index is 700. The largest absolute Gasteiger partial charge is 0.423 e. The van der Waals surface area contributed by atoms with E-state index < -0.39 is 11.8 Å². The van der Waals surface area contributed by atoms with E-state index >= 15 is 0 Å². The van der Waals surface area contributed by atoms with E-state index in [1.807, 2.05) is 12.1 Å². The average Bonchev–Trinajstić information content (AvgIpc) is 2.63. The fraction of sp³-hybridized carbons (Fsp3) is 0.409. The fourth-order valence-corrected chi connectivity index (χ4v) is 3.78. The van der Waals surface area contributed by atoms with Crippen molar-refractivity contribution in [1.29, 1.82) is 0 Å². The van der Waals surface area contributed by atoms with Gasteiger partial charge in [-0.15, -0.1) is 0 Å². The lowest BCUT2D eigenvalue weighted by Gasteiger charge is -2.28. The highest BCUT2D eigenvalue weighted by Crippen LogP contribution is 2.37. The standard InChI is InChI=1S/C22H25FO2/c1-2-4-16-7-9-17(10-8-16)18-11-13-21(14-12-18)25-22(24)19-5-3-6-20(23)15-19/h3,5-6,11-17H,2,4,7-10H2,1H3. The summed E-state index contributed by atoms with van der Waals surface area (Å²) in [4.78, 5) is 12.1. The molecule has 25 heavy (non-hydrogen) atoms. The monoisotopic (exact) mass is 340 g/mol. The summed E-state index contributed by atoms with van der Waals surface area (Å²) in [6.45, 7) is 2.26. The van der Waals surface area contributed by atoms with Crippen LogP contribution in [0.3, 0.4) is 0 Å². The summed E-state index contributed by atoms with van der Waals surface area (Å²) in [5.41, 5.74) is 1.54. The summed E-state index contributed by atoms with van der Waals surface area (Å²) in [5, 5.41) is 0. The van der Waals surface area contributed by atoms with Crippen LogP contribution in [0.25, 0.3) is 0 Å². The first kappa shape index (κ1) is 17.7. The predicted molar refractivity (Wildman–Crippen MR) is 97.4 cm³/mol. The summed E-state index contributed by atoms with van der Waals surface area (Å²) in [6, 6.07) is 13.3. The van der Waals surface area contributed by atoms with Crippen molar-refractivity contribution in [3.05, 3.63) is 65.5 Å². The van der Waals surface area contributed by atoms with Gasteiger partial charge in [-0.1, -0.05) is 38.0 Å². The van der Waals surface area contributed by atoms with E-state index in [1.165, 1.54) is 62.3 Å². The van der Waals surface area contributed by atoms with E-state index in [0.717, 1.165) is 5.92 Å². The third-order valence-electron chi connectivity index (χ3n) is 5.17. The van der Waals surface area contributed by atoms with Gasteiger partial charge in [0.15, 0.2) is 0 Å². The molecule has 132 valence electrons. The van der Waals surface area contributed by atoms with Crippen molar-refractivity contribution in [3.63, 3.8) is 0 Å². The molecular formula is C22H25FO2. The zero-order valence-electron chi connectivity index (χ0n) is 14.7. The summed E-state index contributed by atoms with van der Waals surface area (Å²) in [6.07, 6.45) is 7.74. The summed E-state index contributed by atoms with van der Waals surface area (Å²) < 4.78 is 18.5. The van der Waals surface area contributed by atoms with Crippen LogP contribution >= 0.6 is 0 Å². The Morgan fingerprint density at radius 2 is 1.80 bits per heavy atom. The summed E-state index contributed by atoms with van der Waals surface area (Å²) in [7, 11) is 0. The highest BCUT2D eigenvalue weighted by molar-refractivity contribution is 5.91. The summed E-state index contributed by atoms with van der Waals surface area (Å²) in [5.74, 6) is 1.03. The minimum atomic E-state index is -0.535. The van der Waals surface area contributed by atoms with Gasteiger partial charge >= 0.3 is 5.97 Å². The number of hydrogen-bond acceptors (Lipinski definition) is 2. The van der Waals surface area contributed by atoms with E-state index in [4.69, 9.17) is 4.74 Å². The molecule has 0 amide bonds. The van der Waals surface area contributed by atoms with Crippen LogP contribution in [0.1, 0.15) is 67.3 Å². The average molecular weight is 340 g/mol. The van der Waals surface area contributed by atoms with Crippen molar-refractivity contribution in [3.8, 4) is 5.75 Å². The SMILES string of the molecule is CCCC1CCC(c2ccc(OC(=O)c3cccc(F)c3)cc2)CC1. The molecular weight excluding hydrogens is 315 g/mol. The van der Waals surface area contributed by atoms with Gasteiger partial charge < -0.3 is 4.74 Å². The van der Waals surface area contributed by atoms with Gasteiger partial charge in [0, 0.05) is 0 Å². The van der Waals surface area contributed by atoms with Gasteiger partial charge in [-0.2, -0.15) is 0 Å². The van der Waals surface area contributed by atoms with Gasteiger partial charge in [-0.05, 0) is 73.4 Å². The first-order chi connectivity index (χ1) is 12.2. The molecule has 3 rings (SSSR count). The van der Waals surface area contributed by atoms with Crippen LogP contribution < -0.4 is 4.74 Å². The molecule has 0 bridgehead atoms. The second kappa shape index (κ2) is 8.28. The Kier molecular flexibility index (Phi) is 5.85. The van der Waals surface area contributed by atoms with Crippen molar-refractivity contribution in [2.24, 2.45) is 5.92 Å². The van der Waals surface area contributed by atoms with Crippen molar-refractivity contribution in [2.75, 3.05) is 0 Å². The van der Waals surface area contributed by atoms with E-state index in [9.17, 15) is 9.18 Å². The lowest BCUT2D eigenvalue weighted by Crippen LogP contribution is -2.13. The van der Waals surface area contributed by atoms with E-state index in [1.54, 1.807) is 6.07 Å². The van der Waals surface area contributed by atoms with Crippen LogP contribution in [0, 0.1) is 11.7 Å². The second-order valence-corrected chi connectivity index (χ2v) is 6.98. The molecule has 2 aromatic carbocycles. The lowest BCUT2D eigenvalue weighted by atomic mass is 9.77. The fourth-order valence-electron chi connectivity index (χ4n) is 3.78. The van der Waals surface area contributed by atoms with Crippen LogP contribution in [0.2, 0.25) is 0 Å². The lowest BCUT2D eigenvalue weighted by molar-refractivity contribution is 0.0734. The molecule has 0 atom stereocenters. The third kappa shape index (κ3) is 4.68. The molecule has 2 aromatic rings. The molecule has 0 spiro atoms. The predicted octanol–water partition coefficient (Wildman–Crippen LogP) is 6.12. The van der Waals surface area contributed by atoms with Crippen LogP contribution in [-0.4, -0.2) is 5.97 Å². The quantitative estimate of drug-likeness (QED) is 0.484. The first-order valence-electron chi connectivity index (χ1n) is 9.23. The van der Waals surface area contributed by atoms with Gasteiger partial charge in [-0.3, -0.25) is 0 Å². The van der Waals surface area contributed by atoms with E-state index in [2.05, 4.69) is 19.1 Å². The number of halogens is 1. The van der Waals surface area contributed by atoms with E-state index in [-0.39, 0.29) is 5.56 Å². The summed E-state index contributed by atoms with van der Waals surface area (Å²) >= 11 is 0. The van der Waals surface area contributed by atoms with Gasteiger partial charge in [0.2, 0.25) is 0 Å². The molecule has 3 heteroatoms. The first-order valence-corrected chi connectivity index (χ1v) is 9.23. The normalized spacial score (nSPS) is 20.2. The Morgan fingerprint density at radius 3 is 2.44 bits per heavy atom. The number of benzene rings is 2. The maximum Gasteiger partial charge on any atom is 0.343 e. The number of carbonyl (C=O) groups excluding carboxylic acids is 1. The van der Waals surface area contributed by atoms with Gasteiger partial charge in [0.25, 0.3) is 0 Å². The highest BCUT2D eigenvalue weighted by Gasteiger charge is 2.21. The van der Waals surface area contributed by atoms with Crippen molar-refractivity contribution < 1.29 is 13.9 Å². The van der Waals surface area contributed by atoms with Crippen LogP contribution in [0.15, 0.2) is 48.5 Å². The van der Waals surface area contributed by atoms with Crippen LogP contribution in [-0.2, 0) is 0 Å². The Labute approximate surface area is 149 Å².